The van der Waals surface area contributed by atoms with Gasteiger partial charge in [-0.2, -0.15) is 4.73 Å². The zero-order valence-electron chi connectivity index (χ0n) is 11.8. The first-order chi connectivity index (χ1) is 10.1. The number of ether oxygens (including phenoxy) is 1. The average molecular weight is 323 g/mol. The van der Waals surface area contributed by atoms with Crippen LogP contribution >= 0.6 is 12.4 Å². The van der Waals surface area contributed by atoms with Gasteiger partial charge in [0.15, 0.2) is 12.4 Å². The molecule has 1 aromatic heterocycles. The highest BCUT2D eigenvalue weighted by atomic mass is 35.5. The molecule has 0 aliphatic heterocycles. The Morgan fingerprint density at radius 3 is 2.45 bits per heavy atom. The molecule has 1 N–H and O–H groups in total. The van der Waals surface area contributed by atoms with E-state index >= 15 is 0 Å². The molecule has 0 aliphatic carbocycles. The summed E-state index contributed by atoms with van der Waals surface area (Å²) in [5.41, 5.74) is 1.18. The van der Waals surface area contributed by atoms with E-state index in [1.165, 1.54) is 24.5 Å². The molecular formula is C15H15ClN2O4. The molecule has 22 heavy (non-hydrogen) atoms. The van der Waals surface area contributed by atoms with Crippen LogP contribution in [0.1, 0.15) is 27.6 Å². The van der Waals surface area contributed by atoms with Crippen molar-refractivity contribution in [2.24, 2.45) is 0 Å². The van der Waals surface area contributed by atoms with Crippen LogP contribution in [0.3, 0.4) is 0 Å². The van der Waals surface area contributed by atoms with Crippen LogP contribution in [0.5, 0.6) is 0 Å². The first kappa shape index (κ1) is 17.5. The molecule has 0 aliphatic rings. The third kappa shape index (κ3) is 4.46. The van der Waals surface area contributed by atoms with Gasteiger partial charge in [-0.3, -0.25) is 4.79 Å². The van der Waals surface area contributed by atoms with Crippen molar-refractivity contribution in [2.75, 3.05) is 11.9 Å². The lowest BCUT2D eigenvalue weighted by atomic mass is 10.2. The number of nitrogens with zero attached hydrogens (tertiary/aromatic N) is 1. The van der Waals surface area contributed by atoms with E-state index in [0.717, 1.165) is 0 Å². The monoisotopic (exact) mass is 322 g/mol. The van der Waals surface area contributed by atoms with E-state index in [1.807, 2.05) is 0 Å². The molecule has 0 unspecified atom stereocenters. The lowest BCUT2D eigenvalue weighted by molar-refractivity contribution is -0.605. The van der Waals surface area contributed by atoms with Gasteiger partial charge in [0.2, 0.25) is 0 Å². The lowest BCUT2D eigenvalue weighted by Crippen LogP contribution is -2.27. The number of amides is 1. The van der Waals surface area contributed by atoms with Crippen LogP contribution in [0.2, 0.25) is 0 Å². The van der Waals surface area contributed by atoms with Crippen molar-refractivity contribution >= 4 is 30.0 Å². The Kier molecular flexibility index (Phi) is 6.34. The Hall–Kier alpha value is -2.60. The molecule has 0 bridgehead atoms. The Morgan fingerprint density at radius 1 is 1.18 bits per heavy atom. The summed E-state index contributed by atoms with van der Waals surface area (Å²) < 4.78 is 5.42. The molecule has 0 saturated carbocycles. The van der Waals surface area contributed by atoms with Crippen LogP contribution in [0.25, 0.3) is 0 Å². The number of hydrogen-bond acceptors (Lipinski definition) is 4. The zero-order chi connectivity index (χ0) is 15.2. The highest BCUT2D eigenvalue weighted by Crippen LogP contribution is 2.12. The third-order valence-electron chi connectivity index (χ3n) is 2.69. The van der Waals surface area contributed by atoms with Gasteiger partial charge in [0.05, 0.1) is 12.2 Å². The van der Waals surface area contributed by atoms with Crippen molar-refractivity contribution in [1.82, 2.24) is 0 Å². The highest BCUT2D eigenvalue weighted by molar-refractivity contribution is 6.04. The molecule has 2 aromatic rings. The van der Waals surface area contributed by atoms with E-state index in [4.69, 9.17) is 4.74 Å². The van der Waals surface area contributed by atoms with Crippen LogP contribution in [-0.2, 0) is 4.74 Å². The van der Waals surface area contributed by atoms with Crippen molar-refractivity contribution < 1.29 is 19.1 Å². The number of benzene rings is 1. The Balaban J connectivity index is 0.00000242. The fourth-order valence-corrected chi connectivity index (χ4v) is 1.70. The highest BCUT2D eigenvalue weighted by Gasteiger charge is 2.10. The molecule has 1 heterocycles. The quantitative estimate of drug-likeness (QED) is 0.531. The van der Waals surface area contributed by atoms with E-state index in [-0.39, 0.29) is 18.0 Å². The van der Waals surface area contributed by atoms with Crippen molar-refractivity contribution in [3.05, 3.63) is 65.1 Å². The molecule has 0 fully saturated rings. The number of anilines is 1. The summed E-state index contributed by atoms with van der Waals surface area (Å²) in [5, 5.41) is 13.8. The number of carbonyl (C=O) groups excluding carboxylic acids is 2. The topological polar surface area (TPSA) is 82.3 Å². The van der Waals surface area contributed by atoms with Crippen molar-refractivity contribution in [3.63, 3.8) is 0 Å². The van der Waals surface area contributed by atoms with Crippen LogP contribution in [0.15, 0.2) is 48.8 Å². The van der Waals surface area contributed by atoms with Crippen LogP contribution in [-0.4, -0.2) is 18.5 Å². The molecule has 7 heteroatoms. The Morgan fingerprint density at radius 2 is 1.86 bits per heavy atom. The van der Waals surface area contributed by atoms with Gasteiger partial charge in [-0.05, 0) is 37.3 Å². The number of esters is 1. The first-order valence-corrected chi connectivity index (χ1v) is 6.37. The lowest BCUT2D eigenvalue weighted by Gasteiger charge is -2.06. The van der Waals surface area contributed by atoms with E-state index in [9.17, 15) is 14.8 Å². The van der Waals surface area contributed by atoms with Gasteiger partial charge in [0.25, 0.3) is 5.91 Å². The fraction of sp³-hybridized carbons (Fsp3) is 0.133. The summed E-state index contributed by atoms with van der Waals surface area (Å²) in [6.07, 6.45) is 2.48. The van der Waals surface area contributed by atoms with Crippen LogP contribution < -0.4 is 10.0 Å². The van der Waals surface area contributed by atoms with E-state index < -0.39 is 11.9 Å². The zero-order valence-corrected chi connectivity index (χ0v) is 12.6. The molecule has 1 amide bonds. The number of halogens is 1. The summed E-state index contributed by atoms with van der Waals surface area (Å²) in [5.74, 6) is -0.810. The van der Waals surface area contributed by atoms with Gasteiger partial charge >= 0.3 is 5.97 Å². The average Bonchev–Trinajstić information content (AvgIpc) is 2.48. The SMILES string of the molecule is CCOC(=O)c1ccc(NC(=O)c2ccc[n+]([O-])c2)cc1.Cl. The van der Waals surface area contributed by atoms with Crippen LogP contribution in [0.4, 0.5) is 5.69 Å². The maximum absolute atomic E-state index is 11.9. The molecule has 1 aromatic carbocycles. The number of hydrogen-bond donors (Lipinski definition) is 1. The number of rotatable bonds is 4. The summed E-state index contributed by atoms with van der Waals surface area (Å²) in [6.45, 7) is 2.04. The van der Waals surface area contributed by atoms with E-state index in [2.05, 4.69) is 5.32 Å². The van der Waals surface area contributed by atoms with E-state index in [0.29, 0.717) is 22.6 Å². The van der Waals surface area contributed by atoms with E-state index in [1.54, 1.807) is 31.2 Å². The predicted octanol–water partition coefficient (Wildman–Crippen LogP) is 2.17. The minimum Gasteiger partial charge on any atom is -0.619 e. The van der Waals surface area contributed by atoms with Gasteiger partial charge in [-0.25, -0.2) is 4.79 Å². The number of pyridine rings is 1. The number of aromatic nitrogens is 1. The Bertz CT molecular complexity index is 659. The summed E-state index contributed by atoms with van der Waals surface area (Å²) in [6, 6.07) is 9.35. The van der Waals surface area contributed by atoms with Crippen molar-refractivity contribution in [3.8, 4) is 0 Å². The summed E-state index contributed by atoms with van der Waals surface area (Å²) in [7, 11) is 0. The van der Waals surface area contributed by atoms with Gasteiger partial charge in [-0.15, -0.1) is 12.4 Å². The van der Waals surface area contributed by atoms with Gasteiger partial charge < -0.3 is 15.3 Å². The molecule has 0 radical (unpaired) electrons. The fourth-order valence-electron chi connectivity index (χ4n) is 1.70. The minimum atomic E-state index is -0.411. The van der Waals surface area contributed by atoms with Gasteiger partial charge in [-0.1, -0.05) is 0 Å². The Labute approximate surface area is 133 Å². The molecule has 0 saturated heterocycles. The maximum atomic E-state index is 11.9. The summed E-state index contributed by atoms with van der Waals surface area (Å²) >= 11 is 0. The van der Waals surface area contributed by atoms with Gasteiger partial charge in [0, 0.05) is 11.8 Å². The van der Waals surface area contributed by atoms with Crippen LogP contribution in [0, 0.1) is 5.21 Å². The maximum Gasteiger partial charge on any atom is 0.338 e. The second kappa shape index (κ2) is 7.99. The van der Waals surface area contributed by atoms with Crippen molar-refractivity contribution in [2.45, 2.75) is 6.92 Å². The minimum absolute atomic E-state index is 0. The smallest absolute Gasteiger partial charge is 0.338 e. The molecule has 2 rings (SSSR count). The van der Waals surface area contributed by atoms with Gasteiger partial charge in [0.1, 0.15) is 5.56 Å². The predicted molar refractivity (Wildman–Crippen MR) is 83.0 cm³/mol. The molecule has 6 nitrogen and oxygen atoms in total. The third-order valence-corrected chi connectivity index (χ3v) is 2.69. The molecule has 0 spiro atoms. The number of carbonyl (C=O) groups is 2. The molecular weight excluding hydrogens is 308 g/mol. The summed E-state index contributed by atoms with van der Waals surface area (Å²) in [4.78, 5) is 23.4. The second-order valence-corrected chi connectivity index (χ2v) is 4.20. The van der Waals surface area contributed by atoms with Crippen molar-refractivity contribution in [1.29, 1.82) is 0 Å². The first-order valence-electron chi connectivity index (χ1n) is 6.37. The standard InChI is InChI=1S/C15H14N2O4.ClH/c1-2-21-15(19)11-5-7-13(8-6-11)16-14(18)12-4-3-9-17(20)10-12;/h3-10H,2H2,1H3,(H,16,18);1H. The largest absolute Gasteiger partial charge is 0.619 e. The number of nitrogens with one attached hydrogen (secondary N) is 1. The molecule has 116 valence electrons. The second-order valence-electron chi connectivity index (χ2n) is 4.20. The molecule has 0 atom stereocenters. The normalized spacial score (nSPS) is 9.50.